The second-order valence-electron chi connectivity index (χ2n) is 10.6. The number of nitrogens with one attached hydrogen (secondary N) is 4. The molecule has 0 saturated heterocycles. The first kappa shape index (κ1) is 35.6. The van der Waals surface area contributed by atoms with Gasteiger partial charge in [-0.2, -0.15) is 15.0 Å². The highest BCUT2D eigenvalue weighted by Crippen LogP contribution is 2.26. The number of unbranched alkanes of at least 4 members (excludes halogenated alkanes) is 1. The molecule has 1 atom stereocenters. The minimum Gasteiger partial charge on any atom is -0.491 e. The minimum absolute atomic E-state index is 0.0292. The first-order chi connectivity index (χ1) is 23.3. The Kier molecular flexibility index (Phi) is 14.0. The summed E-state index contributed by atoms with van der Waals surface area (Å²) in [6.45, 7) is 4.35. The molecule has 6 bridgehead atoms. The van der Waals surface area contributed by atoms with Gasteiger partial charge in [0, 0.05) is 24.7 Å². The first-order valence-corrected chi connectivity index (χ1v) is 15.7. The number of nitrogens with two attached hydrogens (primary N) is 1. The van der Waals surface area contributed by atoms with E-state index in [1.165, 1.54) is 6.07 Å². The number of rotatable bonds is 10. The number of fused-ring (bicyclic) bond motifs is 12. The molecule has 2 aromatic carbocycles. The molecule has 0 unspecified atom stereocenters. The molecule has 16 nitrogen and oxygen atoms in total. The molecular weight excluding hydrogens is 624 g/mol. The van der Waals surface area contributed by atoms with Crippen molar-refractivity contribution in [2.75, 3.05) is 56.9 Å². The number of carbonyl (C=O) groups is 2. The van der Waals surface area contributed by atoms with E-state index < -0.39 is 17.9 Å². The summed E-state index contributed by atoms with van der Waals surface area (Å²) in [5.41, 5.74) is 6.98. The first-order valence-electron chi connectivity index (χ1n) is 15.7. The molecule has 7 N–H and O–H groups in total. The van der Waals surface area contributed by atoms with Gasteiger partial charge in [0.15, 0.2) is 0 Å². The van der Waals surface area contributed by atoms with E-state index in [0.29, 0.717) is 64.5 Å². The lowest BCUT2D eigenvalue weighted by Gasteiger charge is -2.17. The number of carboxylic acid groups (broad SMARTS) is 1. The number of hydrogen-bond acceptors (Lipinski definition) is 13. The van der Waals surface area contributed by atoms with Crippen LogP contribution in [0.2, 0.25) is 0 Å². The molecule has 5 rings (SSSR count). The monoisotopic (exact) mass is 666 g/mol. The van der Waals surface area contributed by atoms with E-state index in [1.807, 2.05) is 31.2 Å². The Hall–Kier alpha value is -5.22. The summed E-state index contributed by atoms with van der Waals surface area (Å²) in [5.74, 6) is -0.395. The summed E-state index contributed by atoms with van der Waals surface area (Å²) < 4.78 is 28.5. The molecule has 1 aromatic heterocycles. The fraction of sp³-hybridized carbons (Fsp3) is 0.438. The fourth-order valence-corrected chi connectivity index (χ4v) is 4.51. The lowest BCUT2D eigenvalue weighted by Crippen LogP contribution is -2.41. The second kappa shape index (κ2) is 18.8. The van der Waals surface area contributed by atoms with Gasteiger partial charge < -0.3 is 50.5 Å². The van der Waals surface area contributed by atoms with Crippen LogP contribution in [0, 0.1) is 5.41 Å². The third kappa shape index (κ3) is 11.9. The maximum atomic E-state index is 13.3. The number of ether oxygens (including phenoxy) is 5. The third-order valence-corrected chi connectivity index (χ3v) is 6.89. The standard InChI is InChI=1S/C32H42N8O8/c1-2-46-32-39-30-35-20-21-7-10-23(11-8-21)47-17-15-44-13-14-45-16-18-48-26-19-22(36-31(38-30)40-32)9-12-24(26)28(41)37-25(29(42)43)5-3-4-6-27(33)34/h7-12,19,25H,2-6,13-18,20H2,1H3,(H3,33,34)(H,37,41)(H,42,43)(H2,35,36,38,39,40)/t25-/m0/s1. The number of carbonyl (C=O) groups excluding carboxylic acids is 1. The molecule has 258 valence electrons. The number of benzene rings is 2. The van der Waals surface area contributed by atoms with Crippen LogP contribution in [0.5, 0.6) is 17.5 Å². The van der Waals surface area contributed by atoms with Gasteiger partial charge in [0.1, 0.15) is 30.8 Å². The van der Waals surface area contributed by atoms with Crippen molar-refractivity contribution in [1.82, 2.24) is 20.3 Å². The van der Waals surface area contributed by atoms with Crippen molar-refractivity contribution in [3.63, 3.8) is 0 Å². The molecule has 0 fully saturated rings. The van der Waals surface area contributed by atoms with Gasteiger partial charge in [-0.1, -0.05) is 18.6 Å². The molecular formula is C32H42N8O8. The van der Waals surface area contributed by atoms with Crippen LogP contribution >= 0.6 is 0 Å². The van der Waals surface area contributed by atoms with Gasteiger partial charge in [-0.3, -0.25) is 10.2 Å². The van der Waals surface area contributed by atoms with E-state index in [4.69, 9.17) is 34.8 Å². The largest absolute Gasteiger partial charge is 0.491 e. The minimum atomic E-state index is -1.17. The Balaban J connectivity index is 1.56. The van der Waals surface area contributed by atoms with Crippen molar-refractivity contribution in [1.29, 1.82) is 5.41 Å². The van der Waals surface area contributed by atoms with E-state index >= 15 is 0 Å². The zero-order valence-corrected chi connectivity index (χ0v) is 26.8. The molecule has 0 spiro atoms. The average Bonchev–Trinajstić information content (AvgIpc) is 3.06. The van der Waals surface area contributed by atoms with Crippen LogP contribution in [-0.4, -0.2) is 90.1 Å². The van der Waals surface area contributed by atoms with E-state index in [1.54, 1.807) is 12.1 Å². The zero-order chi connectivity index (χ0) is 34.1. The van der Waals surface area contributed by atoms with E-state index in [2.05, 4.69) is 30.9 Å². The van der Waals surface area contributed by atoms with E-state index in [9.17, 15) is 14.7 Å². The Bertz CT molecular complexity index is 1510. The molecule has 2 aliphatic rings. The smallest absolute Gasteiger partial charge is 0.326 e. The summed E-state index contributed by atoms with van der Waals surface area (Å²) in [5, 5.41) is 26.0. The van der Waals surface area contributed by atoms with Gasteiger partial charge in [0.2, 0.25) is 11.9 Å². The number of carboxylic acids is 1. The normalized spacial score (nSPS) is 14.6. The van der Waals surface area contributed by atoms with Crippen LogP contribution < -0.4 is 35.9 Å². The Morgan fingerprint density at radius 3 is 2.40 bits per heavy atom. The van der Waals surface area contributed by atoms with Crippen LogP contribution in [0.1, 0.15) is 48.5 Å². The van der Waals surface area contributed by atoms with E-state index in [-0.39, 0.29) is 54.7 Å². The highest BCUT2D eigenvalue weighted by Gasteiger charge is 2.23. The highest BCUT2D eigenvalue weighted by molar-refractivity contribution is 5.99. The predicted octanol–water partition coefficient (Wildman–Crippen LogP) is 3.11. The number of amides is 1. The lowest BCUT2D eigenvalue weighted by atomic mass is 10.1. The Morgan fingerprint density at radius 2 is 1.69 bits per heavy atom. The van der Waals surface area contributed by atoms with Gasteiger partial charge in [0.25, 0.3) is 5.91 Å². The quantitative estimate of drug-likeness (QED) is 0.0792. The van der Waals surface area contributed by atoms with Crippen molar-refractivity contribution in [3.8, 4) is 17.5 Å². The van der Waals surface area contributed by atoms with Gasteiger partial charge in [0.05, 0.1) is 44.4 Å². The number of nitrogens with zero attached hydrogens (tertiary/aromatic N) is 3. The summed E-state index contributed by atoms with van der Waals surface area (Å²) in [6.07, 6.45) is 1.54. The molecule has 3 heterocycles. The lowest BCUT2D eigenvalue weighted by molar-refractivity contribution is -0.139. The molecule has 0 radical (unpaired) electrons. The zero-order valence-electron chi connectivity index (χ0n) is 26.8. The van der Waals surface area contributed by atoms with Crippen molar-refractivity contribution in [2.45, 2.75) is 45.2 Å². The average molecular weight is 667 g/mol. The number of hydrogen-bond donors (Lipinski definition) is 6. The molecule has 16 heteroatoms. The maximum Gasteiger partial charge on any atom is 0.326 e. The van der Waals surface area contributed by atoms with Crippen LogP contribution in [0.15, 0.2) is 42.5 Å². The van der Waals surface area contributed by atoms with Crippen molar-refractivity contribution >= 4 is 35.3 Å². The second-order valence-corrected chi connectivity index (χ2v) is 10.6. The maximum absolute atomic E-state index is 13.3. The van der Waals surface area contributed by atoms with Crippen LogP contribution in [0.3, 0.4) is 0 Å². The van der Waals surface area contributed by atoms with Crippen LogP contribution in [0.25, 0.3) is 0 Å². The van der Waals surface area contributed by atoms with Gasteiger partial charge >= 0.3 is 12.0 Å². The van der Waals surface area contributed by atoms with Gasteiger partial charge in [-0.25, -0.2) is 4.79 Å². The highest BCUT2D eigenvalue weighted by atomic mass is 16.6. The number of aliphatic carboxylic acids is 1. The predicted molar refractivity (Wildman–Crippen MR) is 176 cm³/mol. The molecule has 1 amide bonds. The summed E-state index contributed by atoms with van der Waals surface area (Å²) in [4.78, 5) is 38.4. The fourth-order valence-electron chi connectivity index (χ4n) is 4.51. The van der Waals surface area contributed by atoms with Gasteiger partial charge in [-0.05, 0) is 49.6 Å². The molecule has 0 saturated carbocycles. The van der Waals surface area contributed by atoms with Crippen LogP contribution in [-0.2, 0) is 20.8 Å². The summed E-state index contributed by atoms with van der Waals surface area (Å²) in [6, 6.07) is 11.3. The SMILES string of the molecule is CCOc1nc2nc(n1)Nc1ccc(C(=O)N[C@@H](CCCCC(=N)N)C(=O)O)c(c1)OCCOCCOCCOc1ccc(cc1)CN2. The van der Waals surface area contributed by atoms with E-state index in [0.717, 1.165) is 11.3 Å². The van der Waals surface area contributed by atoms with Crippen molar-refractivity contribution < 1.29 is 38.4 Å². The number of amidine groups is 1. The topological polar surface area (TPSA) is 225 Å². The molecule has 2 aliphatic heterocycles. The van der Waals surface area contributed by atoms with Gasteiger partial charge in [-0.15, -0.1) is 0 Å². The Morgan fingerprint density at radius 1 is 0.979 bits per heavy atom. The van der Waals surface area contributed by atoms with Crippen LogP contribution in [0.4, 0.5) is 17.6 Å². The Labute approximate surface area is 278 Å². The van der Waals surface area contributed by atoms with Crippen molar-refractivity contribution in [2.24, 2.45) is 5.73 Å². The molecule has 3 aromatic rings. The van der Waals surface area contributed by atoms with Crippen molar-refractivity contribution in [3.05, 3.63) is 53.6 Å². The summed E-state index contributed by atoms with van der Waals surface area (Å²) >= 11 is 0. The molecule has 48 heavy (non-hydrogen) atoms. The molecule has 0 aliphatic carbocycles. The summed E-state index contributed by atoms with van der Waals surface area (Å²) in [7, 11) is 0. The number of anilines is 3. The third-order valence-electron chi connectivity index (χ3n) is 6.89. The number of aromatic nitrogens is 3.